The van der Waals surface area contributed by atoms with Crippen molar-refractivity contribution in [2.45, 2.75) is 37.5 Å². The summed E-state index contributed by atoms with van der Waals surface area (Å²) in [7, 11) is 0. The van der Waals surface area contributed by atoms with Gasteiger partial charge in [0.2, 0.25) is 0 Å². The molecule has 8 aromatic rings. The molecule has 10 rings (SSSR count). The van der Waals surface area contributed by atoms with E-state index in [-0.39, 0.29) is 5.41 Å². The van der Waals surface area contributed by atoms with Gasteiger partial charge in [-0.15, -0.1) is 0 Å². The second-order valence-electron chi connectivity index (χ2n) is 13.6. The SMILES string of the molecule is c1ccc(-c2cc(-c3ccccc3)nc(-c3cccc4c3oc3c(-c5ccc6c(c5)-c5ccccc5C65CCCCC5)cccc34)n2)cc1. The van der Waals surface area contributed by atoms with E-state index in [1.165, 1.54) is 59.9 Å². The molecule has 0 saturated heterocycles. The van der Waals surface area contributed by atoms with Gasteiger partial charge in [-0.25, -0.2) is 9.97 Å². The Morgan fingerprint density at radius 3 is 1.69 bits per heavy atom. The Morgan fingerprint density at radius 2 is 1.00 bits per heavy atom. The lowest BCUT2D eigenvalue weighted by Gasteiger charge is -2.36. The van der Waals surface area contributed by atoms with Gasteiger partial charge >= 0.3 is 0 Å². The third-order valence-electron chi connectivity index (χ3n) is 10.9. The summed E-state index contributed by atoms with van der Waals surface area (Å²) in [5.74, 6) is 0.651. The number of fused-ring (bicyclic) bond motifs is 8. The van der Waals surface area contributed by atoms with Gasteiger partial charge in [0.15, 0.2) is 5.82 Å². The second-order valence-corrected chi connectivity index (χ2v) is 13.6. The average Bonchev–Trinajstić information content (AvgIpc) is 3.69. The molecular weight excluding hydrogens is 597 g/mol. The van der Waals surface area contributed by atoms with Gasteiger partial charge < -0.3 is 4.42 Å². The zero-order valence-electron chi connectivity index (χ0n) is 27.2. The summed E-state index contributed by atoms with van der Waals surface area (Å²) < 4.78 is 6.93. The first kappa shape index (κ1) is 28.2. The van der Waals surface area contributed by atoms with Crippen LogP contribution in [0.4, 0.5) is 0 Å². The maximum atomic E-state index is 6.93. The van der Waals surface area contributed by atoms with Crippen molar-refractivity contribution in [2.75, 3.05) is 0 Å². The molecule has 6 aromatic carbocycles. The normalized spacial score (nSPS) is 14.7. The van der Waals surface area contributed by atoms with Crippen molar-refractivity contribution in [3.8, 4) is 56.2 Å². The molecule has 3 nitrogen and oxygen atoms in total. The highest BCUT2D eigenvalue weighted by Gasteiger charge is 2.43. The van der Waals surface area contributed by atoms with Gasteiger partial charge in [-0.3, -0.25) is 0 Å². The number of aromatic nitrogens is 2. The summed E-state index contributed by atoms with van der Waals surface area (Å²) in [5, 5.41) is 2.17. The fourth-order valence-electron chi connectivity index (χ4n) is 8.63. The van der Waals surface area contributed by atoms with E-state index in [1.807, 2.05) is 36.4 Å². The zero-order valence-corrected chi connectivity index (χ0v) is 27.2. The predicted octanol–water partition coefficient (Wildman–Crippen LogP) is 12.3. The Balaban J connectivity index is 1.15. The van der Waals surface area contributed by atoms with Crippen LogP contribution in [0.1, 0.15) is 43.2 Å². The molecule has 2 aliphatic rings. The van der Waals surface area contributed by atoms with Crippen LogP contribution in [0.3, 0.4) is 0 Å². The van der Waals surface area contributed by atoms with E-state index < -0.39 is 0 Å². The van der Waals surface area contributed by atoms with Crippen LogP contribution >= 0.6 is 0 Å². The molecule has 0 amide bonds. The molecule has 3 heteroatoms. The van der Waals surface area contributed by atoms with Crippen molar-refractivity contribution in [3.63, 3.8) is 0 Å². The Bertz CT molecular complexity index is 2470. The van der Waals surface area contributed by atoms with Crippen molar-refractivity contribution in [2.24, 2.45) is 0 Å². The van der Waals surface area contributed by atoms with Crippen LogP contribution in [0, 0.1) is 0 Å². The molecule has 0 bridgehead atoms. The molecule has 1 fully saturated rings. The molecule has 49 heavy (non-hydrogen) atoms. The molecule has 2 heterocycles. The van der Waals surface area contributed by atoms with Gasteiger partial charge in [0.1, 0.15) is 11.2 Å². The monoisotopic (exact) mass is 630 g/mol. The summed E-state index contributed by atoms with van der Waals surface area (Å²) in [4.78, 5) is 10.3. The van der Waals surface area contributed by atoms with Crippen molar-refractivity contribution in [3.05, 3.63) is 157 Å². The lowest BCUT2D eigenvalue weighted by atomic mass is 9.68. The number of rotatable bonds is 4. The van der Waals surface area contributed by atoms with E-state index in [4.69, 9.17) is 14.4 Å². The smallest absolute Gasteiger partial charge is 0.164 e. The van der Waals surface area contributed by atoms with E-state index in [0.717, 1.165) is 55.6 Å². The van der Waals surface area contributed by atoms with Crippen LogP contribution in [-0.4, -0.2) is 9.97 Å². The topological polar surface area (TPSA) is 38.9 Å². The molecule has 0 radical (unpaired) electrons. The summed E-state index contributed by atoms with van der Waals surface area (Å²) in [6, 6.07) is 51.8. The van der Waals surface area contributed by atoms with Crippen molar-refractivity contribution in [1.82, 2.24) is 9.97 Å². The third-order valence-corrected chi connectivity index (χ3v) is 10.9. The zero-order chi connectivity index (χ0) is 32.4. The standard InChI is InChI=1S/C46H34N2O/c1-4-14-30(15-5-1)41-29-42(31-16-6-2-7-17-31)48-45(47-41)37-22-13-21-36-35-20-12-19-33(43(35)49-44(36)37)32-24-25-40-38(28-32)34-18-8-9-23-39(34)46(40)26-10-3-11-27-46/h1-2,4-9,12-25,28-29H,3,10-11,26-27H2. The Morgan fingerprint density at radius 1 is 0.429 bits per heavy atom. The minimum Gasteiger partial charge on any atom is -0.455 e. The Hall–Kier alpha value is -5.80. The maximum absolute atomic E-state index is 6.93. The molecule has 2 aromatic heterocycles. The average molecular weight is 631 g/mol. The molecule has 0 atom stereocenters. The summed E-state index contributed by atoms with van der Waals surface area (Å²) in [6.07, 6.45) is 6.39. The lowest BCUT2D eigenvalue weighted by Crippen LogP contribution is -2.27. The van der Waals surface area contributed by atoms with E-state index >= 15 is 0 Å². The van der Waals surface area contributed by atoms with Gasteiger partial charge in [-0.1, -0.05) is 147 Å². The van der Waals surface area contributed by atoms with Crippen molar-refractivity contribution >= 4 is 21.9 Å². The Kier molecular flexibility index (Phi) is 6.42. The first-order valence-electron chi connectivity index (χ1n) is 17.5. The highest BCUT2D eigenvalue weighted by Crippen LogP contribution is 2.56. The number of nitrogens with zero attached hydrogens (tertiary/aromatic N) is 2. The van der Waals surface area contributed by atoms with Gasteiger partial charge in [0, 0.05) is 32.9 Å². The molecule has 0 unspecified atom stereocenters. The number of hydrogen-bond donors (Lipinski definition) is 0. The van der Waals surface area contributed by atoms with E-state index in [1.54, 1.807) is 0 Å². The van der Waals surface area contributed by atoms with Crippen LogP contribution in [0.5, 0.6) is 0 Å². The third kappa shape index (κ3) is 4.42. The predicted molar refractivity (Wildman–Crippen MR) is 200 cm³/mol. The Labute approximate surface area is 285 Å². The molecule has 234 valence electrons. The number of para-hydroxylation sites is 2. The van der Waals surface area contributed by atoms with Crippen molar-refractivity contribution < 1.29 is 4.42 Å². The van der Waals surface area contributed by atoms with Gasteiger partial charge in [-0.05, 0) is 58.9 Å². The van der Waals surface area contributed by atoms with Gasteiger partial charge in [0.25, 0.3) is 0 Å². The molecular formula is C46H34N2O. The van der Waals surface area contributed by atoms with E-state index in [9.17, 15) is 0 Å². The van der Waals surface area contributed by atoms with Crippen LogP contribution in [0.2, 0.25) is 0 Å². The summed E-state index contributed by atoms with van der Waals surface area (Å²) in [5.41, 5.74) is 14.7. The summed E-state index contributed by atoms with van der Waals surface area (Å²) >= 11 is 0. The lowest BCUT2D eigenvalue weighted by molar-refractivity contribution is 0.353. The first-order chi connectivity index (χ1) is 24.3. The fraction of sp³-hybridized carbons (Fsp3) is 0.130. The van der Waals surface area contributed by atoms with Crippen LogP contribution in [0.15, 0.2) is 150 Å². The van der Waals surface area contributed by atoms with Crippen LogP contribution in [-0.2, 0) is 5.41 Å². The number of benzene rings is 6. The molecule has 0 N–H and O–H groups in total. The summed E-state index contributed by atoms with van der Waals surface area (Å²) in [6.45, 7) is 0. The molecule has 1 saturated carbocycles. The minimum atomic E-state index is 0.149. The maximum Gasteiger partial charge on any atom is 0.164 e. The molecule has 1 spiro atoms. The van der Waals surface area contributed by atoms with Crippen LogP contribution < -0.4 is 0 Å². The number of furan rings is 1. The largest absolute Gasteiger partial charge is 0.455 e. The molecule has 0 aliphatic heterocycles. The molecule has 2 aliphatic carbocycles. The van der Waals surface area contributed by atoms with Gasteiger partial charge in [0.05, 0.1) is 17.0 Å². The first-order valence-corrected chi connectivity index (χ1v) is 17.5. The fourth-order valence-corrected chi connectivity index (χ4v) is 8.63. The minimum absolute atomic E-state index is 0.149. The highest BCUT2D eigenvalue weighted by molar-refractivity contribution is 6.13. The second kappa shape index (κ2) is 11.1. The quantitative estimate of drug-likeness (QED) is 0.194. The van der Waals surface area contributed by atoms with E-state index in [2.05, 4.69) is 109 Å². The van der Waals surface area contributed by atoms with E-state index in [0.29, 0.717) is 5.82 Å². The number of hydrogen-bond acceptors (Lipinski definition) is 3. The van der Waals surface area contributed by atoms with Crippen molar-refractivity contribution in [1.29, 1.82) is 0 Å². The van der Waals surface area contributed by atoms with Gasteiger partial charge in [-0.2, -0.15) is 0 Å². The highest BCUT2D eigenvalue weighted by atomic mass is 16.3. The van der Waals surface area contributed by atoms with Crippen LogP contribution in [0.25, 0.3) is 78.1 Å².